The number of morpholine rings is 1. The summed E-state index contributed by atoms with van der Waals surface area (Å²) in [6.45, 7) is 3.32. The van der Waals surface area contributed by atoms with Crippen LogP contribution in [0.2, 0.25) is 0 Å². The number of carbonyl (C=O) groups excluding carboxylic acids is 1. The normalized spacial score (nSPS) is 21.7. The number of rotatable bonds is 2. The average Bonchev–Trinajstić information content (AvgIpc) is 2.38. The molecule has 6 nitrogen and oxygen atoms in total. The number of nitrogens with two attached hydrogens (primary N) is 1. The number of aromatic hydroxyl groups is 1. The van der Waals surface area contributed by atoms with E-state index < -0.39 is 0 Å². The number of pyridine rings is 1. The molecule has 2 heterocycles. The quantitative estimate of drug-likeness (QED) is 0.771. The van der Waals surface area contributed by atoms with Crippen molar-refractivity contribution in [2.24, 2.45) is 5.73 Å². The summed E-state index contributed by atoms with van der Waals surface area (Å²) in [5, 5.41) is 9.32. The van der Waals surface area contributed by atoms with Crippen molar-refractivity contribution in [2.75, 3.05) is 19.7 Å². The summed E-state index contributed by atoms with van der Waals surface area (Å²) in [7, 11) is 0. The minimum absolute atomic E-state index is 0.0159. The number of ether oxygens (including phenoxy) is 1. The number of hydrogen-bond acceptors (Lipinski definition) is 5. The van der Waals surface area contributed by atoms with Crippen molar-refractivity contribution >= 4 is 5.91 Å². The second kappa shape index (κ2) is 5.32. The van der Waals surface area contributed by atoms with Crippen LogP contribution in [-0.4, -0.2) is 52.7 Å². The Bertz CT molecular complexity index is 436. The van der Waals surface area contributed by atoms with Crippen molar-refractivity contribution in [1.82, 2.24) is 9.88 Å². The van der Waals surface area contributed by atoms with E-state index in [1.165, 1.54) is 18.5 Å². The molecule has 1 aromatic rings. The number of carbonyl (C=O) groups is 1. The SMILES string of the molecule is CC(N)C1CN(C(=O)c2cncc(O)c2)CCO1. The number of amides is 1. The third kappa shape index (κ3) is 2.77. The molecule has 2 atom stereocenters. The molecular formula is C12H17N3O3. The molecule has 1 saturated heterocycles. The van der Waals surface area contributed by atoms with Gasteiger partial charge in [0.1, 0.15) is 5.75 Å². The van der Waals surface area contributed by atoms with E-state index in [1.807, 2.05) is 6.92 Å². The number of hydrogen-bond donors (Lipinski definition) is 2. The van der Waals surface area contributed by atoms with Crippen molar-refractivity contribution in [3.05, 3.63) is 24.0 Å². The van der Waals surface area contributed by atoms with Gasteiger partial charge in [-0.05, 0) is 13.0 Å². The molecular weight excluding hydrogens is 234 g/mol. The van der Waals surface area contributed by atoms with Crippen LogP contribution in [0.25, 0.3) is 0 Å². The molecule has 98 valence electrons. The van der Waals surface area contributed by atoms with Gasteiger partial charge in [0.25, 0.3) is 5.91 Å². The molecule has 0 aliphatic carbocycles. The molecule has 0 bridgehead atoms. The maximum absolute atomic E-state index is 12.2. The van der Waals surface area contributed by atoms with E-state index in [0.29, 0.717) is 25.3 Å². The van der Waals surface area contributed by atoms with Crippen LogP contribution in [-0.2, 0) is 4.74 Å². The van der Waals surface area contributed by atoms with Crippen molar-refractivity contribution < 1.29 is 14.6 Å². The van der Waals surface area contributed by atoms with Crippen LogP contribution in [0.5, 0.6) is 5.75 Å². The van der Waals surface area contributed by atoms with Crippen molar-refractivity contribution in [3.63, 3.8) is 0 Å². The van der Waals surface area contributed by atoms with Gasteiger partial charge in [0.15, 0.2) is 0 Å². The first-order valence-electron chi connectivity index (χ1n) is 5.88. The lowest BCUT2D eigenvalue weighted by atomic mass is 10.1. The molecule has 3 N–H and O–H groups in total. The van der Waals surface area contributed by atoms with E-state index in [2.05, 4.69) is 4.98 Å². The van der Waals surface area contributed by atoms with Gasteiger partial charge in [-0.15, -0.1) is 0 Å². The largest absolute Gasteiger partial charge is 0.506 e. The van der Waals surface area contributed by atoms with E-state index in [9.17, 15) is 9.90 Å². The third-order valence-corrected chi connectivity index (χ3v) is 2.94. The van der Waals surface area contributed by atoms with Gasteiger partial charge in [-0.25, -0.2) is 0 Å². The second-order valence-corrected chi connectivity index (χ2v) is 4.45. The maximum Gasteiger partial charge on any atom is 0.255 e. The van der Waals surface area contributed by atoms with Crippen LogP contribution in [0.3, 0.4) is 0 Å². The zero-order valence-corrected chi connectivity index (χ0v) is 10.2. The first-order chi connectivity index (χ1) is 8.58. The predicted octanol–water partition coefficient (Wildman–Crippen LogP) is -0.0246. The van der Waals surface area contributed by atoms with Gasteiger partial charge in [0.05, 0.1) is 24.5 Å². The highest BCUT2D eigenvalue weighted by atomic mass is 16.5. The molecule has 1 aliphatic heterocycles. The summed E-state index contributed by atoms with van der Waals surface area (Å²) in [6.07, 6.45) is 2.59. The van der Waals surface area contributed by atoms with Crippen LogP contribution in [0.1, 0.15) is 17.3 Å². The van der Waals surface area contributed by atoms with Crippen LogP contribution < -0.4 is 5.73 Å². The summed E-state index contributed by atoms with van der Waals surface area (Å²) in [5.74, 6) is -0.176. The topological polar surface area (TPSA) is 88.7 Å². The highest BCUT2D eigenvalue weighted by Crippen LogP contribution is 2.14. The van der Waals surface area contributed by atoms with Crippen LogP contribution in [0.15, 0.2) is 18.5 Å². The molecule has 0 radical (unpaired) electrons. The molecule has 2 rings (SSSR count). The van der Waals surface area contributed by atoms with Crippen molar-refractivity contribution in [2.45, 2.75) is 19.1 Å². The van der Waals surface area contributed by atoms with Gasteiger partial charge in [0, 0.05) is 25.3 Å². The molecule has 0 aromatic carbocycles. The molecule has 0 spiro atoms. The van der Waals surface area contributed by atoms with Crippen molar-refractivity contribution in [1.29, 1.82) is 0 Å². The lowest BCUT2D eigenvalue weighted by Gasteiger charge is -2.34. The lowest BCUT2D eigenvalue weighted by molar-refractivity contribution is -0.0300. The molecule has 6 heteroatoms. The fourth-order valence-electron chi connectivity index (χ4n) is 1.91. The lowest BCUT2D eigenvalue weighted by Crippen LogP contribution is -2.51. The molecule has 1 aliphatic rings. The molecule has 1 amide bonds. The van der Waals surface area contributed by atoms with Gasteiger partial charge in [-0.2, -0.15) is 0 Å². The Kier molecular flexibility index (Phi) is 3.78. The maximum atomic E-state index is 12.2. The Balaban J connectivity index is 2.09. The fraction of sp³-hybridized carbons (Fsp3) is 0.500. The third-order valence-electron chi connectivity index (χ3n) is 2.94. The van der Waals surface area contributed by atoms with Gasteiger partial charge < -0.3 is 20.5 Å². The van der Waals surface area contributed by atoms with E-state index in [-0.39, 0.29) is 23.8 Å². The molecule has 18 heavy (non-hydrogen) atoms. The standard InChI is InChI=1S/C12H17N3O3/c1-8(13)11-7-15(2-3-18-11)12(17)9-4-10(16)6-14-5-9/h4-6,8,11,16H,2-3,7,13H2,1H3. The molecule has 1 fully saturated rings. The minimum atomic E-state index is -0.160. The average molecular weight is 251 g/mol. The van der Waals surface area contributed by atoms with E-state index in [1.54, 1.807) is 4.90 Å². The Morgan fingerprint density at radius 3 is 3.11 bits per heavy atom. The van der Waals surface area contributed by atoms with Crippen LogP contribution in [0.4, 0.5) is 0 Å². The highest BCUT2D eigenvalue weighted by Gasteiger charge is 2.27. The summed E-state index contributed by atoms with van der Waals surface area (Å²) < 4.78 is 5.50. The summed E-state index contributed by atoms with van der Waals surface area (Å²) in [4.78, 5) is 17.7. The summed E-state index contributed by atoms with van der Waals surface area (Å²) in [6, 6.07) is 1.29. The van der Waals surface area contributed by atoms with Gasteiger partial charge >= 0.3 is 0 Å². The molecule has 1 aromatic heterocycles. The van der Waals surface area contributed by atoms with E-state index in [0.717, 1.165) is 0 Å². The zero-order chi connectivity index (χ0) is 13.1. The van der Waals surface area contributed by atoms with Gasteiger partial charge in [-0.1, -0.05) is 0 Å². The second-order valence-electron chi connectivity index (χ2n) is 4.45. The summed E-state index contributed by atoms with van der Waals surface area (Å²) in [5.41, 5.74) is 6.15. The smallest absolute Gasteiger partial charge is 0.255 e. The minimum Gasteiger partial charge on any atom is -0.506 e. The predicted molar refractivity (Wildman–Crippen MR) is 65.2 cm³/mol. The zero-order valence-electron chi connectivity index (χ0n) is 10.2. The Morgan fingerprint density at radius 1 is 1.67 bits per heavy atom. The van der Waals surface area contributed by atoms with Gasteiger partial charge in [0.2, 0.25) is 0 Å². The molecule has 0 saturated carbocycles. The first kappa shape index (κ1) is 12.8. The highest BCUT2D eigenvalue weighted by molar-refractivity contribution is 5.94. The van der Waals surface area contributed by atoms with Crippen LogP contribution >= 0.6 is 0 Å². The molecule has 2 unspecified atom stereocenters. The van der Waals surface area contributed by atoms with E-state index >= 15 is 0 Å². The monoisotopic (exact) mass is 251 g/mol. The Labute approximate surface area is 105 Å². The number of aromatic nitrogens is 1. The Morgan fingerprint density at radius 2 is 2.44 bits per heavy atom. The first-order valence-corrected chi connectivity index (χ1v) is 5.88. The fourth-order valence-corrected chi connectivity index (χ4v) is 1.91. The number of nitrogens with zero attached hydrogens (tertiary/aromatic N) is 2. The van der Waals surface area contributed by atoms with E-state index in [4.69, 9.17) is 10.5 Å². The van der Waals surface area contributed by atoms with Crippen molar-refractivity contribution in [3.8, 4) is 5.75 Å². The van der Waals surface area contributed by atoms with Gasteiger partial charge in [-0.3, -0.25) is 9.78 Å². The Hall–Kier alpha value is -1.66. The van der Waals surface area contributed by atoms with Crippen LogP contribution in [0, 0.1) is 0 Å². The summed E-state index contributed by atoms with van der Waals surface area (Å²) >= 11 is 0.